The Hall–Kier alpha value is -1.78. The summed E-state index contributed by atoms with van der Waals surface area (Å²) in [5, 5.41) is 0. The minimum absolute atomic E-state index is 0.0365. The van der Waals surface area contributed by atoms with E-state index in [0.29, 0.717) is 19.5 Å². The van der Waals surface area contributed by atoms with Crippen LogP contribution in [0.1, 0.15) is 37.5 Å². The molecule has 1 amide bonds. The molecule has 0 N–H and O–H groups in total. The molecule has 0 aromatic carbocycles. The monoisotopic (exact) mass is 278 g/mol. The van der Waals surface area contributed by atoms with Gasteiger partial charge in [0, 0.05) is 31.9 Å². The second kappa shape index (κ2) is 4.96. The van der Waals surface area contributed by atoms with Crippen LogP contribution in [0.3, 0.4) is 0 Å². The van der Waals surface area contributed by atoms with E-state index >= 15 is 0 Å². The third-order valence-electron chi connectivity index (χ3n) is 3.44. The number of rotatable bonds is 0. The maximum atomic E-state index is 12.1. The second-order valence-electron chi connectivity index (χ2n) is 6.34. The van der Waals surface area contributed by atoms with Crippen LogP contribution in [0, 0.1) is 6.92 Å². The van der Waals surface area contributed by atoms with Crippen molar-refractivity contribution in [3.8, 4) is 0 Å². The Balaban J connectivity index is 2.26. The van der Waals surface area contributed by atoms with Crippen molar-refractivity contribution < 1.29 is 9.53 Å². The first kappa shape index (κ1) is 14.6. The summed E-state index contributed by atoms with van der Waals surface area (Å²) in [5.41, 5.74) is 2.36. The zero-order valence-electron chi connectivity index (χ0n) is 12.8. The molecule has 0 atom stereocenters. The van der Waals surface area contributed by atoms with Crippen molar-refractivity contribution in [3.05, 3.63) is 33.2 Å². The molecule has 0 saturated heterocycles. The number of hydrogen-bond donors (Lipinski definition) is 0. The van der Waals surface area contributed by atoms with Gasteiger partial charge >= 0.3 is 6.09 Å². The summed E-state index contributed by atoms with van der Waals surface area (Å²) in [6.45, 7) is 8.50. The third kappa shape index (κ3) is 2.86. The zero-order valence-corrected chi connectivity index (χ0v) is 12.8. The van der Waals surface area contributed by atoms with Crippen LogP contribution in [0.5, 0.6) is 0 Å². The van der Waals surface area contributed by atoms with Crippen molar-refractivity contribution in [2.45, 2.75) is 46.3 Å². The van der Waals surface area contributed by atoms with E-state index in [1.165, 1.54) is 0 Å². The highest BCUT2D eigenvalue weighted by molar-refractivity contribution is 5.68. The van der Waals surface area contributed by atoms with Crippen LogP contribution in [-0.2, 0) is 24.8 Å². The van der Waals surface area contributed by atoms with Crippen LogP contribution in [0.25, 0.3) is 0 Å². The zero-order chi connectivity index (χ0) is 15.1. The van der Waals surface area contributed by atoms with Crippen LogP contribution in [0.15, 0.2) is 11.0 Å². The SMILES string of the molecule is Cc1cn(C)c(=O)c2c1CN(C(=O)OC(C)(C)C)CC2. The maximum Gasteiger partial charge on any atom is 0.410 e. The minimum Gasteiger partial charge on any atom is -0.444 e. The van der Waals surface area contributed by atoms with Gasteiger partial charge in [0.15, 0.2) is 0 Å². The van der Waals surface area contributed by atoms with Crippen molar-refractivity contribution in [1.29, 1.82) is 0 Å². The van der Waals surface area contributed by atoms with Gasteiger partial charge in [0.2, 0.25) is 0 Å². The predicted molar refractivity (Wildman–Crippen MR) is 76.8 cm³/mol. The van der Waals surface area contributed by atoms with Gasteiger partial charge < -0.3 is 14.2 Å². The summed E-state index contributed by atoms with van der Waals surface area (Å²) in [6.07, 6.45) is 2.09. The van der Waals surface area contributed by atoms with Gasteiger partial charge in [0.1, 0.15) is 5.60 Å². The van der Waals surface area contributed by atoms with E-state index in [1.807, 2.05) is 33.9 Å². The van der Waals surface area contributed by atoms with E-state index in [1.54, 1.807) is 16.5 Å². The highest BCUT2D eigenvalue weighted by Gasteiger charge is 2.27. The second-order valence-corrected chi connectivity index (χ2v) is 6.34. The lowest BCUT2D eigenvalue weighted by Crippen LogP contribution is -2.42. The van der Waals surface area contributed by atoms with Gasteiger partial charge in [0.05, 0.1) is 0 Å². The molecule has 0 unspecified atom stereocenters. The van der Waals surface area contributed by atoms with Gasteiger partial charge in [-0.1, -0.05) is 0 Å². The first-order valence-electron chi connectivity index (χ1n) is 6.85. The summed E-state index contributed by atoms with van der Waals surface area (Å²) in [7, 11) is 1.76. The standard InChI is InChI=1S/C15H22N2O3/c1-10-8-16(5)13(18)11-6-7-17(9-12(10)11)14(19)20-15(2,3)4/h8H,6-7,9H2,1-5H3. The number of carbonyl (C=O) groups is 1. The summed E-state index contributed by atoms with van der Waals surface area (Å²) in [5.74, 6) is 0. The number of fused-ring (bicyclic) bond motifs is 1. The van der Waals surface area contributed by atoms with E-state index in [-0.39, 0.29) is 11.7 Å². The largest absolute Gasteiger partial charge is 0.444 e. The molecule has 1 aliphatic rings. The van der Waals surface area contributed by atoms with Gasteiger partial charge in [-0.3, -0.25) is 4.79 Å². The van der Waals surface area contributed by atoms with Crippen molar-refractivity contribution in [3.63, 3.8) is 0 Å². The first-order valence-corrected chi connectivity index (χ1v) is 6.85. The molecule has 0 spiro atoms. The number of nitrogens with zero attached hydrogens (tertiary/aromatic N) is 2. The normalized spacial score (nSPS) is 14.9. The molecule has 110 valence electrons. The van der Waals surface area contributed by atoms with Crippen LogP contribution < -0.4 is 5.56 Å². The number of aromatic nitrogens is 1. The van der Waals surface area contributed by atoms with Crippen LogP contribution in [-0.4, -0.2) is 27.7 Å². The van der Waals surface area contributed by atoms with Crippen molar-refractivity contribution in [2.75, 3.05) is 6.54 Å². The molecular formula is C15H22N2O3. The Morgan fingerprint density at radius 2 is 1.95 bits per heavy atom. The predicted octanol–water partition coefficient (Wildman–Crippen LogP) is 1.99. The Morgan fingerprint density at radius 3 is 2.55 bits per heavy atom. The lowest BCUT2D eigenvalue weighted by Gasteiger charge is -2.31. The number of aryl methyl sites for hydroxylation is 2. The van der Waals surface area contributed by atoms with E-state index in [2.05, 4.69) is 0 Å². The number of amides is 1. The van der Waals surface area contributed by atoms with Crippen molar-refractivity contribution in [2.24, 2.45) is 7.05 Å². The fraction of sp³-hybridized carbons (Fsp3) is 0.600. The van der Waals surface area contributed by atoms with Gasteiger partial charge in [0.25, 0.3) is 5.56 Å². The van der Waals surface area contributed by atoms with Crippen LogP contribution >= 0.6 is 0 Å². The fourth-order valence-electron chi connectivity index (χ4n) is 2.48. The summed E-state index contributed by atoms with van der Waals surface area (Å²) >= 11 is 0. The molecule has 1 aromatic heterocycles. The maximum absolute atomic E-state index is 12.1. The summed E-state index contributed by atoms with van der Waals surface area (Å²) in [4.78, 5) is 25.9. The molecule has 0 fully saturated rings. The molecular weight excluding hydrogens is 256 g/mol. The lowest BCUT2D eigenvalue weighted by atomic mass is 9.98. The van der Waals surface area contributed by atoms with Gasteiger partial charge in [-0.05, 0) is 45.2 Å². The average Bonchev–Trinajstić information content (AvgIpc) is 2.33. The Kier molecular flexibility index (Phi) is 3.63. The smallest absolute Gasteiger partial charge is 0.410 e. The summed E-state index contributed by atoms with van der Waals surface area (Å²) < 4.78 is 7.00. The third-order valence-corrected chi connectivity index (χ3v) is 3.44. The summed E-state index contributed by atoms with van der Waals surface area (Å²) in [6, 6.07) is 0. The molecule has 5 nitrogen and oxygen atoms in total. The Morgan fingerprint density at radius 1 is 1.30 bits per heavy atom. The highest BCUT2D eigenvalue weighted by Crippen LogP contribution is 2.21. The number of hydrogen-bond acceptors (Lipinski definition) is 3. The van der Waals surface area contributed by atoms with E-state index in [0.717, 1.165) is 16.7 Å². The molecule has 20 heavy (non-hydrogen) atoms. The van der Waals surface area contributed by atoms with E-state index < -0.39 is 5.60 Å². The van der Waals surface area contributed by atoms with E-state index in [4.69, 9.17) is 4.74 Å². The molecule has 1 aliphatic heterocycles. The molecule has 0 bridgehead atoms. The molecule has 0 radical (unpaired) electrons. The minimum atomic E-state index is -0.501. The lowest BCUT2D eigenvalue weighted by molar-refractivity contribution is 0.0223. The first-order chi connectivity index (χ1) is 9.19. The number of ether oxygens (including phenoxy) is 1. The number of pyridine rings is 1. The van der Waals surface area contributed by atoms with Crippen LogP contribution in [0.4, 0.5) is 4.79 Å². The van der Waals surface area contributed by atoms with Crippen LogP contribution in [0.2, 0.25) is 0 Å². The van der Waals surface area contributed by atoms with Gasteiger partial charge in [-0.2, -0.15) is 0 Å². The van der Waals surface area contributed by atoms with Crippen molar-refractivity contribution in [1.82, 2.24) is 9.47 Å². The number of carbonyl (C=O) groups excluding carboxylic acids is 1. The Bertz CT molecular complexity index is 596. The van der Waals surface area contributed by atoms with Gasteiger partial charge in [-0.25, -0.2) is 4.79 Å². The highest BCUT2D eigenvalue weighted by atomic mass is 16.6. The molecule has 2 heterocycles. The average molecular weight is 278 g/mol. The topological polar surface area (TPSA) is 51.5 Å². The molecule has 5 heteroatoms. The van der Waals surface area contributed by atoms with Gasteiger partial charge in [-0.15, -0.1) is 0 Å². The molecule has 0 aliphatic carbocycles. The molecule has 2 rings (SSSR count). The van der Waals surface area contributed by atoms with Crippen molar-refractivity contribution >= 4 is 6.09 Å². The Labute approximate surface area is 119 Å². The quantitative estimate of drug-likeness (QED) is 0.729. The molecule has 1 aromatic rings. The van der Waals surface area contributed by atoms with E-state index in [9.17, 15) is 9.59 Å². The molecule has 0 saturated carbocycles. The fourth-order valence-corrected chi connectivity index (χ4v) is 2.48.